The van der Waals surface area contributed by atoms with Crippen LogP contribution in [0.5, 0.6) is 5.75 Å². The number of benzene rings is 3. The lowest BCUT2D eigenvalue weighted by Gasteiger charge is -2.13. The fourth-order valence-corrected chi connectivity index (χ4v) is 3.35. The number of ether oxygens (including phenoxy) is 1. The molecule has 3 nitrogen and oxygen atoms in total. The number of allylic oxidation sites excluding steroid dienone is 1. The van der Waals surface area contributed by atoms with E-state index in [1.807, 2.05) is 67.6 Å². The Bertz CT molecular complexity index is 1010. The molecule has 3 aromatic carbocycles. The lowest BCUT2D eigenvalue weighted by molar-refractivity contribution is -0.136. The van der Waals surface area contributed by atoms with Crippen LogP contribution in [0.25, 0.3) is 6.08 Å². The molecule has 0 aliphatic rings. The van der Waals surface area contributed by atoms with Gasteiger partial charge in [-0.2, -0.15) is 0 Å². The first-order valence-corrected chi connectivity index (χ1v) is 9.82. The van der Waals surface area contributed by atoms with Crippen molar-refractivity contribution in [1.82, 2.24) is 0 Å². The van der Waals surface area contributed by atoms with Crippen molar-refractivity contribution in [2.45, 2.75) is 26.4 Å². The fourth-order valence-electron chi connectivity index (χ4n) is 3.17. The van der Waals surface area contributed by atoms with Crippen molar-refractivity contribution in [3.63, 3.8) is 0 Å². The minimum absolute atomic E-state index is 0.0350. The second-order valence-electron chi connectivity index (χ2n) is 6.86. The molecule has 0 bridgehead atoms. The first-order chi connectivity index (χ1) is 14.0. The van der Waals surface area contributed by atoms with Crippen molar-refractivity contribution in [2.75, 3.05) is 0 Å². The van der Waals surface area contributed by atoms with Crippen LogP contribution in [0.15, 0.2) is 72.8 Å². The number of carboxylic acid groups (broad SMARTS) is 1. The molecule has 0 saturated heterocycles. The molecule has 3 aromatic rings. The molecule has 3 rings (SSSR count). The van der Waals surface area contributed by atoms with E-state index in [-0.39, 0.29) is 6.42 Å². The number of aryl methyl sites for hydroxylation is 1. The summed E-state index contributed by atoms with van der Waals surface area (Å²) in [4.78, 5) is 11.1. The first-order valence-electron chi connectivity index (χ1n) is 9.45. The lowest BCUT2D eigenvalue weighted by atomic mass is 10.0. The number of para-hydroxylation sites is 1. The molecule has 0 aliphatic heterocycles. The van der Waals surface area contributed by atoms with Crippen LogP contribution in [0, 0.1) is 6.92 Å². The van der Waals surface area contributed by atoms with Crippen LogP contribution < -0.4 is 4.74 Å². The van der Waals surface area contributed by atoms with Gasteiger partial charge in [-0.05, 0) is 53.3 Å². The van der Waals surface area contributed by atoms with Gasteiger partial charge in [-0.25, -0.2) is 0 Å². The molecule has 0 aromatic heterocycles. The molecule has 148 valence electrons. The maximum atomic E-state index is 11.1. The van der Waals surface area contributed by atoms with Crippen LogP contribution in [0.4, 0.5) is 0 Å². The van der Waals surface area contributed by atoms with Gasteiger partial charge < -0.3 is 9.84 Å². The van der Waals surface area contributed by atoms with Crippen LogP contribution in [-0.2, 0) is 24.2 Å². The van der Waals surface area contributed by atoms with E-state index < -0.39 is 5.97 Å². The van der Waals surface area contributed by atoms with Crippen LogP contribution in [-0.4, -0.2) is 11.1 Å². The summed E-state index contributed by atoms with van der Waals surface area (Å²) in [6, 6.07) is 21.4. The molecule has 0 amide bonds. The zero-order chi connectivity index (χ0) is 20.6. The Morgan fingerprint density at radius 1 is 1.03 bits per heavy atom. The number of aliphatic carboxylic acids is 1. The summed E-state index contributed by atoms with van der Waals surface area (Å²) in [5, 5.41) is 9.69. The zero-order valence-corrected chi connectivity index (χ0v) is 17.0. The summed E-state index contributed by atoms with van der Waals surface area (Å²) in [7, 11) is 0. The highest BCUT2D eigenvalue weighted by atomic mass is 35.5. The van der Waals surface area contributed by atoms with Gasteiger partial charge in [0.2, 0.25) is 0 Å². The molecule has 29 heavy (non-hydrogen) atoms. The van der Waals surface area contributed by atoms with Crippen molar-refractivity contribution in [3.05, 3.63) is 106 Å². The van der Waals surface area contributed by atoms with E-state index >= 15 is 0 Å². The Labute approximate surface area is 176 Å². The standard InChI is InChI=1S/C25H23ClO3/c1-18-7-5-10-20(25(18)29-17-19-8-3-2-4-9-19)11-6-12-21-15-23(26)14-13-22(21)16-24(27)28/h2-10,12-15H,11,16-17H2,1H3,(H,27,28)/b12-6+. The Morgan fingerprint density at radius 3 is 2.59 bits per heavy atom. The van der Waals surface area contributed by atoms with Gasteiger partial charge >= 0.3 is 5.97 Å². The maximum Gasteiger partial charge on any atom is 0.307 e. The van der Waals surface area contributed by atoms with Gasteiger partial charge in [0, 0.05) is 5.02 Å². The number of carbonyl (C=O) groups is 1. The van der Waals surface area contributed by atoms with E-state index in [0.717, 1.165) is 33.6 Å². The minimum atomic E-state index is -0.864. The molecule has 1 N–H and O–H groups in total. The summed E-state index contributed by atoms with van der Waals surface area (Å²) >= 11 is 6.09. The number of rotatable bonds is 8. The average molecular weight is 407 g/mol. The molecule has 0 aliphatic carbocycles. The fraction of sp³-hybridized carbons (Fsp3) is 0.160. The molecule has 0 radical (unpaired) electrons. The monoisotopic (exact) mass is 406 g/mol. The van der Waals surface area contributed by atoms with Crippen LogP contribution in [0.1, 0.15) is 27.8 Å². The SMILES string of the molecule is Cc1cccc(C/C=C/c2cc(Cl)ccc2CC(=O)O)c1OCc1ccccc1. The van der Waals surface area contributed by atoms with Crippen molar-refractivity contribution in [1.29, 1.82) is 0 Å². The summed E-state index contributed by atoms with van der Waals surface area (Å²) in [5.74, 6) is 0.0233. The highest BCUT2D eigenvalue weighted by Crippen LogP contribution is 2.26. The molecule has 0 spiro atoms. The Morgan fingerprint density at radius 2 is 1.83 bits per heavy atom. The van der Waals surface area contributed by atoms with E-state index in [1.54, 1.807) is 18.2 Å². The highest BCUT2D eigenvalue weighted by Gasteiger charge is 2.08. The molecule has 0 heterocycles. The molecular weight excluding hydrogens is 384 g/mol. The second kappa shape index (κ2) is 9.94. The van der Waals surface area contributed by atoms with Crippen LogP contribution in [0.3, 0.4) is 0 Å². The Hall–Kier alpha value is -3.04. The summed E-state index contributed by atoms with van der Waals surface area (Å²) in [5.41, 5.74) is 4.84. The topological polar surface area (TPSA) is 46.5 Å². The lowest BCUT2D eigenvalue weighted by Crippen LogP contribution is -2.02. The number of carboxylic acids is 1. The molecule has 0 fully saturated rings. The average Bonchev–Trinajstić information content (AvgIpc) is 2.70. The van der Waals surface area contributed by atoms with Crippen molar-refractivity contribution in [2.24, 2.45) is 0 Å². The Kier molecular flexibility index (Phi) is 7.09. The highest BCUT2D eigenvalue weighted by molar-refractivity contribution is 6.30. The predicted octanol–water partition coefficient (Wildman–Crippen LogP) is 6.11. The van der Waals surface area contributed by atoms with Crippen molar-refractivity contribution in [3.8, 4) is 5.75 Å². The first kappa shape index (κ1) is 20.7. The molecule has 4 heteroatoms. The van der Waals surface area contributed by atoms with Gasteiger partial charge in [0.25, 0.3) is 0 Å². The molecular formula is C25H23ClO3. The maximum absolute atomic E-state index is 11.1. The number of hydrogen-bond acceptors (Lipinski definition) is 2. The van der Waals surface area contributed by atoms with Gasteiger partial charge in [-0.15, -0.1) is 0 Å². The van der Waals surface area contributed by atoms with Crippen molar-refractivity contribution >= 4 is 23.6 Å². The van der Waals surface area contributed by atoms with Gasteiger partial charge in [0.05, 0.1) is 6.42 Å². The predicted molar refractivity (Wildman–Crippen MR) is 117 cm³/mol. The second-order valence-corrected chi connectivity index (χ2v) is 7.29. The smallest absolute Gasteiger partial charge is 0.307 e. The van der Waals surface area contributed by atoms with Crippen LogP contribution in [0.2, 0.25) is 5.02 Å². The third-order valence-corrected chi connectivity index (χ3v) is 4.84. The van der Waals surface area contributed by atoms with E-state index in [0.29, 0.717) is 18.1 Å². The summed E-state index contributed by atoms with van der Waals surface area (Å²) < 4.78 is 6.12. The number of hydrogen-bond donors (Lipinski definition) is 1. The van der Waals surface area contributed by atoms with Gasteiger partial charge in [0.1, 0.15) is 12.4 Å². The van der Waals surface area contributed by atoms with E-state index in [9.17, 15) is 4.79 Å². The van der Waals surface area contributed by atoms with Gasteiger partial charge in [0.15, 0.2) is 0 Å². The quantitative estimate of drug-likeness (QED) is 0.490. The van der Waals surface area contributed by atoms with E-state index in [4.69, 9.17) is 21.4 Å². The molecule has 0 unspecified atom stereocenters. The third kappa shape index (κ3) is 5.97. The molecule has 0 atom stereocenters. The zero-order valence-electron chi connectivity index (χ0n) is 16.3. The normalized spacial score (nSPS) is 11.0. The van der Waals surface area contributed by atoms with Crippen molar-refractivity contribution < 1.29 is 14.6 Å². The van der Waals surface area contributed by atoms with Gasteiger partial charge in [-0.3, -0.25) is 4.79 Å². The Balaban J connectivity index is 1.76. The van der Waals surface area contributed by atoms with E-state index in [1.165, 1.54) is 0 Å². The van der Waals surface area contributed by atoms with Gasteiger partial charge in [-0.1, -0.05) is 78.4 Å². The third-order valence-electron chi connectivity index (χ3n) is 4.60. The molecule has 0 saturated carbocycles. The summed E-state index contributed by atoms with van der Waals surface area (Å²) in [6.45, 7) is 2.55. The van der Waals surface area contributed by atoms with E-state index in [2.05, 4.69) is 0 Å². The minimum Gasteiger partial charge on any atom is -0.488 e. The number of halogens is 1. The summed E-state index contributed by atoms with van der Waals surface area (Å²) in [6.07, 6.45) is 4.58. The largest absolute Gasteiger partial charge is 0.488 e. The van der Waals surface area contributed by atoms with Crippen LogP contribution >= 0.6 is 11.6 Å².